The van der Waals surface area contributed by atoms with Gasteiger partial charge in [0, 0.05) is 19.0 Å². The number of carbonyl (C=O) groups is 2. The number of hydrogen-bond donors (Lipinski definition) is 3. The largest absolute Gasteiger partial charge is 0.497 e. The van der Waals surface area contributed by atoms with Crippen LogP contribution >= 0.6 is 0 Å². The van der Waals surface area contributed by atoms with Crippen molar-refractivity contribution in [2.24, 2.45) is 5.92 Å². The van der Waals surface area contributed by atoms with Gasteiger partial charge in [0.2, 0.25) is 11.8 Å². The van der Waals surface area contributed by atoms with Gasteiger partial charge in [0.1, 0.15) is 5.75 Å². The van der Waals surface area contributed by atoms with Crippen LogP contribution in [0.15, 0.2) is 18.2 Å². The maximum Gasteiger partial charge on any atom is 0.229 e. The zero-order valence-electron chi connectivity index (χ0n) is 10.0. The molecule has 1 aromatic carbocycles. The minimum Gasteiger partial charge on any atom is -0.497 e. The minimum atomic E-state index is -0.344. The van der Waals surface area contributed by atoms with Crippen LogP contribution in [0.1, 0.15) is 6.42 Å². The Morgan fingerprint density at radius 2 is 2.33 bits per heavy atom. The highest BCUT2D eigenvalue weighted by Crippen LogP contribution is 2.25. The zero-order chi connectivity index (χ0) is 13.1. The molecular weight excluding hydrogens is 234 g/mol. The lowest BCUT2D eigenvalue weighted by atomic mass is 10.1. The van der Waals surface area contributed by atoms with Crippen molar-refractivity contribution in [2.75, 3.05) is 24.7 Å². The number of methoxy groups -OCH3 is 1. The Hall–Kier alpha value is -2.24. The molecule has 0 aliphatic carbocycles. The van der Waals surface area contributed by atoms with Gasteiger partial charge in [-0.3, -0.25) is 9.59 Å². The van der Waals surface area contributed by atoms with E-state index in [9.17, 15) is 9.59 Å². The van der Waals surface area contributed by atoms with Gasteiger partial charge in [-0.25, -0.2) is 0 Å². The summed E-state index contributed by atoms with van der Waals surface area (Å²) >= 11 is 0. The van der Waals surface area contributed by atoms with Crippen molar-refractivity contribution in [3.8, 4) is 5.75 Å². The third-order valence-corrected chi connectivity index (χ3v) is 2.87. The number of benzene rings is 1. The first-order valence-electron chi connectivity index (χ1n) is 5.61. The Morgan fingerprint density at radius 3 is 2.94 bits per heavy atom. The van der Waals surface area contributed by atoms with Crippen molar-refractivity contribution >= 4 is 23.2 Å². The fourth-order valence-electron chi connectivity index (χ4n) is 1.80. The Labute approximate surface area is 104 Å². The molecule has 0 radical (unpaired) electrons. The molecule has 6 heteroatoms. The van der Waals surface area contributed by atoms with Crippen molar-refractivity contribution in [1.82, 2.24) is 5.32 Å². The molecule has 0 saturated carbocycles. The molecule has 6 nitrogen and oxygen atoms in total. The molecular formula is C12H15N3O3. The molecule has 4 N–H and O–H groups in total. The second kappa shape index (κ2) is 4.95. The fraction of sp³-hybridized carbons (Fsp3) is 0.333. The van der Waals surface area contributed by atoms with Crippen molar-refractivity contribution in [1.29, 1.82) is 0 Å². The predicted molar refractivity (Wildman–Crippen MR) is 67.2 cm³/mol. The first-order chi connectivity index (χ1) is 8.60. The predicted octanol–water partition coefficient (Wildman–Crippen LogP) is 0.352. The molecule has 0 bridgehead atoms. The highest BCUT2D eigenvalue weighted by atomic mass is 16.5. The average molecular weight is 249 g/mol. The van der Waals surface area contributed by atoms with Crippen LogP contribution in [0.3, 0.4) is 0 Å². The van der Waals surface area contributed by atoms with Gasteiger partial charge < -0.3 is 21.1 Å². The molecule has 1 aliphatic heterocycles. The summed E-state index contributed by atoms with van der Waals surface area (Å²) in [7, 11) is 1.54. The smallest absolute Gasteiger partial charge is 0.229 e. The number of anilines is 2. The molecule has 2 amide bonds. The monoisotopic (exact) mass is 249 g/mol. The van der Waals surface area contributed by atoms with Gasteiger partial charge in [-0.15, -0.1) is 0 Å². The topological polar surface area (TPSA) is 93.4 Å². The van der Waals surface area contributed by atoms with Crippen molar-refractivity contribution < 1.29 is 14.3 Å². The summed E-state index contributed by atoms with van der Waals surface area (Å²) in [4.78, 5) is 23.0. The van der Waals surface area contributed by atoms with E-state index >= 15 is 0 Å². The summed E-state index contributed by atoms with van der Waals surface area (Å²) in [6.45, 7) is 0.370. The van der Waals surface area contributed by atoms with Crippen LogP contribution in [-0.4, -0.2) is 25.5 Å². The molecule has 1 saturated heterocycles. The van der Waals surface area contributed by atoms with Crippen LogP contribution in [0.25, 0.3) is 0 Å². The standard InChI is InChI=1S/C12H15N3O3/c1-18-8-2-3-9(13)10(5-8)15-12(17)7-4-11(16)14-6-7/h2-3,5,7H,4,6,13H2,1H3,(H,14,16)(H,15,17). The molecule has 1 atom stereocenters. The second-order valence-electron chi connectivity index (χ2n) is 4.15. The summed E-state index contributed by atoms with van der Waals surface area (Å²) in [6.07, 6.45) is 0.218. The summed E-state index contributed by atoms with van der Waals surface area (Å²) in [5.74, 6) is -0.0507. The van der Waals surface area contributed by atoms with E-state index in [2.05, 4.69) is 10.6 Å². The maximum absolute atomic E-state index is 11.9. The van der Waals surface area contributed by atoms with Gasteiger partial charge in [-0.2, -0.15) is 0 Å². The first-order valence-corrected chi connectivity index (χ1v) is 5.61. The molecule has 96 valence electrons. The van der Waals surface area contributed by atoms with Crippen molar-refractivity contribution in [3.05, 3.63) is 18.2 Å². The number of nitrogens with one attached hydrogen (secondary N) is 2. The lowest BCUT2D eigenvalue weighted by Crippen LogP contribution is -2.25. The number of amides is 2. The Bertz CT molecular complexity index is 487. The molecule has 1 aromatic rings. The minimum absolute atomic E-state index is 0.103. The van der Waals surface area contributed by atoms with Crippen LogP contribution in [0.2, 0.25) is 0 Å². The molecule has 1 aliphatic rings. The molecule has 2 rings (SSSR count). The summed E-state index contributed by atoms with van der Waals surface area (Å²) < 4.78 is 5.06. The molecule has 1 heterocycles. The zero-order valence-corrected chi connectivity index (χ0v) is 10.0. The fourth-order valence-corrected chi connectivity index (χ4v) is 1.80. The molecule has 0 aromatic heterocycles. The molecule has 18 heavy (non-hydrogen) atoms. The second-order valence-corrected chi connectivity index (χ2v) is 4.15. The van der Waals surface area contributed by atoms with Crippen molar-refractivity contribution in [3.63, 3.8) is 0 Å². The van der Waals surface area contributed by atoms with Crippen molar-refractivity contribution in [2.45, 2.75) is 6.42 Å². The Morgan fingerprint density at radius 1 is 1.56 bits per heavy atom. The lowest BCUT2D eigenvalue weighted by molar-refractivity contribution is -0.123. The van der Waals surface area contributed by atoms with Gasteiger partial charge in [0.15, 0.2) is 0 Å². The number of hydrogen-bond acceptors (Lipinski definition) is 4. The van der Waals surface area contributed by atoms with Crippen LogP contribution in [-0.2, 0) is 9.59 Å². The highest BCUT2D eigenvalue weighted by molar-refractivity contribution is 5.99. The molecule has 1 fully saturated rings. The third kappa shape index (κ3) is 2.53. The van der Waals surface area contributed by atoms with Crippen LogP contribution in [0.4, 0.5) is 11.4 Å². The molecule has 1 unspecified atom stereocenters. The van der Waals surface area contributed by atoms with Crippen LogP contribution in [0, 0.1) is 5.92 Å². The number of nitrogen functional groups attached to an aromatic ring is 1. The number of rotatable bonds is 3. The van der Waals surface area contributed by atoms with E-state index in [0.717, 1.165) is 0 Å². The SMILES string of the molecule is COc1ccc(N)c(NC(=O)C2CNC(=O)C2)c1. The average Bonchev–Trinajstić information content (AvgIpc) is 2.79. The van der Waals surface area contributed by atoms with Gasteiger partial charge in [0.25, 0.3) is 0 Å². The Balaban J connectivity index is 2.09. The maximum atomic E-state index is 11.9. The Kier molecular flexibility index (Phi) is 3.36. The highest BCUT2D eigenvalue weighted by Gasteiger charge is 2.28. The van der Waals surface area contributed by atoms with E-state index in [1.165, 1.54) is 7.11 Å². The van der Waals surface area contributed by atoms with Gasteiger partial charge in [-0.1, -0.05) is 0 Å². The summed E-state index contributed by atoms with van der Waals surface area (Å²) in [5, 5.41) is 5.33. The normalized spacial score (nSPS) is 18.3. The van der Waals surface area contributed by atoms with E-state index in [4.69, 9.17) is 10.5 Å². The number of nitrogens with two attached hydrogens (primary N) is 1. The van der Waals surface area contributed by atoms with Crippen LogP contribution in [0.5, 0.6) is 5.75 Å². The lowest BCUT2D eigenvalue weighted by Gasteiger charge is -2.12. The van der Waals surface area contributed by atoms with E-state index < -0.39 is 0 Å². The van der Waals surface area contributed by atoms with Gasteiger partial charge >= 0.3 is 0 Å². The van der Waals surface area contributed by atoms with E-state index in [-0.39, 0.29) is 24.2 Å². The number of carbonyl (C=O) groups excluding carboxylic acids is 2. The van der Waals surface area contributed by atoms with E-state index in [1.54, 1.807) is 18.2 Å². The summed E-state index contributed by atoms with van der Waals surface area (Å²) in [5.41, 5.74) is 6.72. The van der Waals surface area contributed by atoms with Gasteiger partial charge in [0.05, 0.1) is 24.4 Å². The third-order valence-electron chi connectivity index (χ3n) is 2.87. The van der Waals surface area contributed by atoms with E-state index in [0.29, 0.717) is 23.7 Å². The van der Waals surface area contributed by atoms with Crippen LogP contribution < -0.4 is 21.1 Å². The van der Waals surface area contributed by atoms with Gasteiger partial charge in [-0.05, 0) is 12.1 Å². The number of ether oxygens (including phenoxy) is 1. The van der Waals surface area contributed by atoms with E-state index in [1.807, 2.05) is 0 Å². The first kappa shape index (κ1) is 12.2. The molecule has 0 spiro atoms. The summed E-state index contributed by atoms with van der Waals surface area (Å²) in [6, 6.07) is 5.02. The quantitative estimate of drug-likeness (QED) is 0.674.